The van der Waals surface area contributed by atoms with Crippen LogP contribution in [0.3, 0.4) is 0 Å². The number of aromatic amines is 1. The van der Waals surface area contributed by atoms with Gasteiger partial charge < -0.3 is 19.8 Å². The Bertz CT molecular complexity index is 579. The number of rotatable bonds is 10. The van der Waals surface area contributed by atoms with Gasteiger partial charge in [-0.1, -0.05) is 13.3 Å². The van der Waals surface area contributed by atoms with Crippen molar-refractivity contribution in [3.8, 4) is 0 Å². The van der Waals surface area contributed by atoms with Crippen molar-refractivity contribution in [2.24, 2.45) is 0 Å². The molecule has 0 saturated heterocycles. The van der Waals surface area contributed by atoms with Gasteiger partial charge in [-0.05, 0) is 20.3 Å². The molecule has 0 aromatic carbocycles. The van der Waals surface area contributed by atoms with Crippen molar-refractivity contribution in [3.63, 3.8) is 0 Å². The van der Waals surface area contributed by atoms with Gasteiger partial charge in [-0.25, -0.2) is 14.6 Å². The van der Waals surface area contributed by atoms with E-state index in [-0.39, 0.29) is 19.6 Å². The number of amides is 1. The fourth-order valence-corrected chi connectivity index (χ4v) is 2.42. The number of nitrogens with zero attached hydrogens (tertiary/aromatic N) is 1. The number of carbonyl (C=O) groups excluding carboxylic acids is 3. The number of hydrogen-bond donors (Lipinski definition) is 2. The molecular weight excluding hydrogens is 326 g/mol. The molecule has 1 amide bonds. The number of hydrogen-bond acceptors (Lipinski definition) is 6. The van der Waals surface area contributed by atoms with E-state index in [0.29, 0.717) is 5.69 Å². The molecule has 0 atom stereocenters. The van der Waals surface area contributed by atoms with E-state index in [4.69, 9.17) is 9.47 Å². The molecular formula is C17H27N3O5. The van der Waals surface area contributed by atoms with E-state index >= 15 is 0 Å². The standard InChI is InChI=1S/C17H27N3O5/c1-5-8-9-14-18-11-13(19-14)10-17(20-12(4)21,15(22)24-6-2)16(23)25-7-3/h11H,5-10H2,1-4H3,(H,18,19)(H,20,21). The zero-order valence-electron chi connectivity index (χ0n) is 15.3. The van der Waals surface area contributed by atoms with E-state index in [1.807, 2.05) is 0 Å². The summed E-state index contributed by atoms with van der Waals surface area (Å²) < 4.78 is 10.1. The SMILES string of the molecule is CCCCc1nc(CC(NC(C)=O)(C(=O)OCC)C(=O)OCC)c[nH]1. The summed E-state index contributed by atoms with van der Waals surface area (Å²) >= 11 is 0. The molecule has 0 fully saturated rings. The average Bonchev–Trinajstić information content (AvgIpc) is 2.99. The van der Waals surface area contributed by atoms with E-state index in [1.165, 1.54) is 6.92 Å². The van der Waals surface area contributed by atoms with Crippen molar-refractivity contribution in [3.05, 3.63) is 17.7 Å². The highest BCUT2D eigenvalue weighted by Gasteiger charge is 2.50. The minimum absolute atomic E-state index is 0.0713. The molecule has 8 nitrogen and oxygen atoms in total. The smallest absolute Gasteiger partial charge is 0.344 e. The normalized spacial score (nSPS) is 11.0. The zero-order chi connectivity index (χ0) is 18.9. The molecule has 1 aromatic heterocycles. The number of carbonyl (C=O) groups is 3. The van der Waals surface area contributed by atoms with Crippen molar-refractivity contribution < 1.29 is 23.9 Å². The maximum atomic E-state index is 12.5. The molecule has 0 aliphatic rings. The Morgan fingerprint density at radius 2 is 1.76 bits per heavy atom. The van der Waals surface area contributed by atoms with Crippen LogP contribution in [0.15, 0.2) is 6.20 Å². The number of esters is 2. The number of H-pyrrole nitrogens is 1. The van der Waals surface area contributed by atoms with Gasteiger partial charge in [-0.15, -0.1) is 0 Å². The quantitative estimate of drug-likeness (QED) is 0.484. The molecule has 1 heterocycles. The van der Waals surface area contributed by atoms with Gasteiger partial charge in [-0.3, -0.25) is 4.79 Å². The fraction of sp³-hybridized carbons (Fsp3) is 0.647. The minimum Gasteiger partial charge on any atom is -0.464 e. The molecule has 8 heteroatoms. The zero-order valence-corrected chi connectivity index (χ0v) is 15.3. The van der Waals surface area contributed by atoms with Crippen molar-refractivity contribution in [1.29, 1.82) is 0 Å². The molecule has 0 aliphatic carbocycles. The fourth-order valence-electron chi connectivity index (χ4n) is 2.42. The predicted octanol–water partition coefficient (Wildman–Crippen LogP) is 1.30. The van der Waals surface area contributed by atoms with Gasteiger partial charge in [0.25, 0.3) is 0 Å². The van der Waals surface area contributed by atoms with Crippen molar-refractivity contribution in [1.82, 2.24) is 15.3 Å². The van der Waals surface area contributed by atoms with Crippen LogP contribution in [-0.2, 0) is 36.7 Å². The van der Waals surface area contributed by atoms with Gasteiger partial charge in [0.15, 0.2) is 0 Å². The van der Waals surface area contributed by atoms with Gasteiger partial charge in [0.2, 0.25) is 11.4 Å². The molecule has 0 saturated carbocycles. The summed E-state index contributed by atoms with van der Waals surface area (Å²) in [5.41, 5.74) is -1.48. The molecule has 0 spiro atoms. The van der Waals surface area contributed by atoms with Crippen molar-refractivity contribution in [2.45, 2.75) is 58.9 Å². The lowest BCUT2D eigenvalue weighted by Crippen LogP contribution is -2.62. The summed E-state index contributed by atoms with van der Waals surface area (Å²) in [5, 5.41) is 2.42. The summed E-state index contributed by atoms with van der Waals surface area (Å²) in [7, 11) is 0. The lowest BCUT2D eigenvalue weighted by molar-refractivity contribution is -0.168. The highest BCUT2D eigenvalue weighted by Crippen LogP contribution is 2.18. The summed E-state index contributed by atoms with van der Waals surface area (Å²) in [6, 6.07) is 0. The Kier molecular flexibility index (Phi) is 8.10. The third-order valence-corrected chi connectivity index (χ3v) is 3.53. The van der Waals surface area contributed by atoms with Crippen LogP contribution in [0.5, 0.6) is 0 Å². The highest BCUT2D eigenvalue weighted by atomic mass is 16.6. The topological polar surface area (TPSA) is 110 Å². The van der Waals surface area contributed by atoms with Crippen LogP contribution in [0, 0.1) is 0 Å². The minimum atomic E-state index is -1.95. The second-order valence-corrected chi connectivity index (χ2v) is 5.65. The first-order chi connectivity index (χ1) is 11.9. The third-order valence-electron chi connectivity index (χ3n) is 3.53. The number of ether oxygens (including phenoxy) is 2. The largest absolute Gasteiger partial charge is 0.464 e. The lowest BCUT2D eigenvalue weighted by atomic mass is 9.93. The van der Waals surface area contributed by atoms with Crippen LogP contribution in [0.1, 0.15) is 52.1 Å². The lowest BCUT2D eigenvalue weighted by Gasteiger charge is -2.29. The number of aryl methyl sites for hydroxylation is 1. The summed E-state index contributed by atoms with van der Waals surface area (Å²) in [6.45, 7) is 6.69. The first-order valence-electron chi connectivity index (χ1n) is 8.55. The first kappa shape index (κ1) is 20.7. The second-order valence-electron chi connectivity index (χ2n) is 5.65. The Hall–Kier alpha value is -2.38. The van der Waals surface area contributed by atoms with Gasteiger partial charge in [0.1, 0.15) is 5.82 Å². The number of imidazole rings is 1. The van der Waals surface area contributed by atoms with Crippen LogP contribution in [0.4, 0.5) is 0 Å². The predicted molar refractivity (Wildman–Crippen MR) is 90.7 cm³/mol. The van der Waals surface area contributed by atoms with Crippen LogP contribution < -0.4 is 5.32 Å². The molecule has 0 unspecified atom stereocenters. The molecule has 25 heavy (non-hydrogen) atoms. The Balaban J connectivity index is 3.17. The van der Waals surface area contributed by atoms with Crippen LogP contribution in [-0.4, -0.2) is 46.6 Å². The molecule has 2 N–H and O–H groups in total. The van der Waals surface area contributed by atoms with E-state index < -0.39 is 23.4 Å². The average molecular weight is 353 g/mol. The molecule has 1 rings (SSSR count). The summed E-state index contributed by atoms with van der Waals surface area (Å²) in [5.74, 6) is -1.49. The van der Waals surface area contributed by atoms with Crippen molar-refractivity contribution >= 4 is 17.8 Å². The van der Waals surface area contributed by atoms with Crippen LogP contribution in [0.25, 0.3) is 0 Å². The summed E-state index contributed by atoms with van der Waals surface area (Å²) in [4.78, 5) is 44.1. The molecule has 1 aromatic rings. The molecule has 0 bridgehead atoms. The number of unbranched alkanes of at least 4 members (excludes halogenated alkanes) is 1. The van der Waals surface area contributed by atoms with Crippen LogP contribution in [0.2, 0.25) is 0 Å². The van der Waals surface area contributed by atoms with E-state index in [2.05, 4.69) is 22.2 Å². The van der Waals surface area contributed by atoms with Gasteiger partial charge in [0.05, 0.1) is 18.9 Å². The van der Waals surface area contributed by atoms with Gasteiger partial charge in [0, 0.05) is 26.0 Å². The van der Waals surface area contributed by atoms with E-state index in [9.17, 15) is 14.4 Å². The van der Waals surface area contributed by atoms with Gasteiger partial charge >= 0.3 is 11.9 Å². The van der Waals surface area contributed by atoms with Crippen LogP contribution >= 0.6 is 0 Å². The van der Waals surface area contributed by atoms with E-state index in [1.54, 1.807) is 20.0 Å². The monoisotopic (exact) mass is 353 g/mol. The molecule has 140 valence electrons. The molecule has 0 aliphatic heterocycles. The van der Waals surface area contributed by atoms with Crippen molar-refractivity contribution in [2.75, 3.05) is 13.2 Å². The first-order valence-corrected chi connectivity index (χ1v) is 8.55. The number of aromatic nitrogens is 2. The maximum absolute atomic E-state index is 12.5. The highest BCUT2D eigenvalue weighted by molar-refractivity contribution is 6.08. The Labute approximate surface area is 147 Å². The third kappa shape index (κ3) is 5.58. The second kappa shape index (κ2) is 9.80. The van der Waals surface area contributed by atoms with Gasteiger partial charge in [-0.2, -0.15) is 0 Å². The maximum Gasteiger partial charge on any atom is 0.344 e. The Morgan fingerprint density at radius 3 is 2.24 bits per heavy atom. The van der Waals surface area contributed by atoms with E-state index in [0.717, 1.165) is 25.1 Å². The summed E-state index contributed by atoms with van der Waals surface area (Å²) in [6.07, 6.45) is 4.24. The number of nitrogens with one attached hydrogen (secondary N) is 2. The molecule has 0 radical (unpaired) electrons. The Morgan fingerprint density at radius 1 is 1.16 bits per heavy atom.